The quantitative estimate of drug-likeness (QED) is 0.122. The number of thioether (sulfide) groups is 1. The molecule has 1 unspecified atom stereocenters. The van der Waals surface area contributed by atoms with Crippen LogP contribution in [-0.2, 0) is 27.1 Å². The van der Waals surface area contributed by atoms with E-state index in [1.807, 2.05) is 18.2 Å². The lowest BCUT2D eigenvalue weighted by Crippen LogP contribution is -2.13. The molecule has 0 saturated heterocycles. The molecule has 0 saturated carbocycles. The Hall–Kier alpha value is -2.71. The number of benzene rings is 2. The second-order valence-electron chi connectivity index (χ2n) is 8.42. The molecular formula is C28H34N2O4S2. The van der Waals surface area contributed by atoms with E-state index in [0.29, 0.717) is 4.34 Å². The van der Waals surface area contributed by atoms with Crippen LogP contribution < -0.4 is 0 Å². The predicted octanol–water partition coefficient (Wildman–Crippen LogP) is 6.85. The number of hydrogen-bond acceptors (Lipinski definition) is 8. The van der Waals surface area contributed by atoms with Crippen LogP contribution in [0.5, 0.6) is 0 Å². The van der Waals surface area contributed by atoms with Gasteiger partial charge in [0.05, 0.1) is 13.7 Å². The molecule has 0 radical (unpaired) electrons. The first-order valence-electron chi connectivity index (χ1n) is 12.5. The third-order valence-corrected chi connectivity index (χ3v) is 8.03. The van der Waals surface area contributed by atoms with Gasteiger partial charge in [0.15, 0.2) is 4.34 Å². The summed E-state index contributed by atoms with van der Waals surface area (Å²) in [6.07, 6.45) is 9.23. The van der Waals surface area contributed by atoms with Gasteiger partial charge in [-0.25, -0.2) is 4.79 Å². The summed E-state index contributed by atoms with van der Waals surface area (Å²) in [5.74, 6) is -0.851. The van der Waals surface area contributed by atoms with Gasteiger partial charge >= 0.3 is 11.9 Å². The Morgan fingerprint density at radius 1 is 0.889 bits per heavy atom. The van der Waals surface area contributed by atoms with Crippen molar-refractivity contribution in [2.24, 2.45) is 0 Å². The van der Waals surface area contributed by atoms with Gasteiger partial charge in [-0.05, 0) is 49.3 Å². The molecule has 0 aliphatic rings. The molecule has 1 heterocycles. The molecule has 36 heavy (non-hydrogen) atoms. The molecule has 0 aliphatic carbocycles. The van der Waals surface area contributed by atoms with Crippen molar-refractivity contribution in [2.45, 2.75) is 67.9 Å². The van der Waals surface area contributed by atoms with Crippen molar-refractivity contribution in [3.63, 3.8) is 0 Å². The summed E-state index contributed by atoms with van der Waals surface area (Å²) < 4.78 is 10.6. The Labute approximate surface area is 221 Å². The van der Waals surface area contributed by atoms with Crippen LogP contribution in [0.25, 0.3) is 0 Å². The number of carbonyl (C=O) groups is 2. The standard InChI is InChI=1S/C28H34N2O4S2/c1-3-34-27(32)25-29-30-28(36-25)35-24(26(31)33-2)23-20-14-13-19-22(23)18-12-7-5-4-6-9-15-21-16-10-8-11-17-21/h8,10-11,13-14,16-17,19-20,24H,3-7,9,12,15,18H2,1-2H3. The van der Waals surface area contributed by atoms with Crippen LogP contribution >= 0.6 is 23.1 Å². The zero-order valence-electron chi connectivity index (χ0n) is 21.0. The Morgan fingerprint density at radius 3 is 2.28 bits per heavy atom. The van der Waals surface area contributed by atoms with Crippen LogP contribution in [0.3, 0.4) is 0 Å². The summed E-state index contributed by atoms with van der Waals surface area (Å²) in [5, 5.41) is 7.61. The van der Waals surface area contributed by atoms with Crippen molar-refractivity contribution in [2.75, 3.05) is 13.7 Å². The molecule has 0 fully saturated rings. The van der Waals surface area contributed by atoms with E-state index in [-0.39, 0.29) is 17.6 Å². The minimum Gasteiger partial charge on any atom is -0.468 e. The lowest BCUT2D eigenvalue weighted by atomic mass is 9.98. The van der Waals surface area contributed by atoms with E-state index in [1.54, 1.807) is 6.92 Å². The normalized spacial score (nSPS) is 11.7. The van der Waals surface area contributed by atoms with Crippen LogP contribution in [0, 0.1) is 0 Å². The SMILES string of the molecule is CCOC(=O)c1nnc(SC(C(=O)OC)c2ccccc2CCCCCCCCc2ccccc2)s1. The number of unbranched alkanes of at least 4 members (excludes halogenated alkanes) is 5. The number of rotatable bonds is 15. The minimum absolute atomic E-state index is 0.181. The monoisotopic (exact) mass is 526 g/mol. The van der Waals surface area contributed by atoms with Gasteiger partial charge in [-0.1, -0.05) is 103 Å². The molecule has 2 aromatic carbocycles. The van der Waals surface area contributed by atoms with Crippen LogP contribution in [0.1, 0.15) is 77.2 Å². The number of hydrogen-bond donors (Lipinski definition) is 0. The third-order valence-electron chi connectivity index (χ3n) is 5.83. The summed E-state index contributed by atoms with van der Waals surface area (Å²) in [7, 11) is 1.39. The fraction of sp³-hybridized carbons (Fsp3) is 0.429. The molecule has 0 N–H and O–H groups in total. The maximum atomic E-state index is 12.7. The number of aryl methyl sites for hydroxylation is 2. The summed E-state index contributed by atoms with van der Waals surface area (Å²) >= 11 is 2.38. The maximum Gasteiger partial charge on any atom is 0.369 e. The Bertz CT molecular complexity index is 1090. The molecule has 0 bridgehead atoms. The molecule has 1 aromatic heterocycles. The first-order chi connectivity index (χ1) is 17.6. The second kappa shape index (κ2) is 15.4. The number of methoxy groups -OCH3 is 1. The molecule has 0 spiro atoms. The molecule has 3 aromatic rings. The minimum atomic E-state index is -0.577. The first kappa shape index (κ1) is 27.9. The van der Waals surface area contributed by atoms with E-state index < -0.39 is 11.2 Å². The van der Waals surface area contributed by atoms with Crippen LogP contribution in [0.2, 0.25) is 0 Å². The van der Waals surface area contributed by atoms with Crippen molar-refractivity contribution >= 4 is 35.0 Å². The van der Waals surface area contributed by atoms with E-state index in [1.165, 1.54) is 50.1 Å². The molecule has 3 rings (SSSR count). The molecule has 0 amide bonds. The van der Waals surface area contributed by atoms with Crippen molar-refractivity contribution in [1.29, 1.82) is 0 Å². The number of ether oxygens (including phenoxy) is 2. The average Bonchev–Trinajstić information content (AvgIpc) is 3.38. The largest absolute Gasteiger partial charge is 0.468 e. The first-order valence-corrected chi connectivity index (χ1v) is 14.2. The van der Waals surface area contributed by atoms with Gasteiger partial charge in [0.25, 0.3) is 0 Å². The van der Waals surface area contributed by atoms with E-state index in [9.17, 15) is 9.59 Å². The van der Waals surface area contributed by atoms with Gasteiger partial charge in [0, 0.05) is 0 Å². The second-order valence-corrected chi connectivity index (χ2v) is 10.8. The Morgan fingerprint density at radius 2 is 1.56 bits per heavy atom. The molecule has 0 aliphatic heterocycles. The van der Waals surface area contributed by atoms with E-state index in [0.717, 1.165) is 48.1 Å². The topological polar surface area (TPSA) is 78.4 Å². The highest BCUT2D eigenvalue weighted by atomic mass is 32.2. The van der Waals surface area contributed by atoms with Crippen molar-refractivity contribution in [1.82, 2.24) is 10.2 Å². The third kappa shape index (κ3) is 8.75. The van der Waals surface area contributed by atoms with Gasteiger partial charge < -0.3 is 9.47 Å². The number of nitrogens with zero attached hydrogens (tertiary/aromatic N) is 2. The predicted molar refractivity (Wildman–Crippen MR) is 144 cm³/mol. The average molecular weight is 527 g/mol. The van der Waals surface area contributed by atoms with Gasteiger partial charge in [-0.2, -0.15) is 0 Å². The van der Waals surface area contributed by atoms with Gasteiger partial charge in [-0.15, -0.1) is 10.2 Å². The molecular weight excluding hydrogens is 492 g/mol. The zero-order chi connectivity index (χ0) is 25.6. The van der Waals surface area contributed by atoms with Crippen molar-refractivity contribution in [3.8, 4) is 0 Å². The molecule has 192 valence electrons. The van der Waals surface area contributed by atoms with Crippen LogP contribution in [0.4, 0.5) is 0 Å². The van der Waals surface area contributed by atoms with Crippen LogP contribution in [-0.4, -0.2) is 35.9 Å². The Kier molecular flexibility index (Phi) is 11.9. The number of esters is 2. The van der Waals surface area contributed by atoms with E-state index in [4.69, 9.17) is 9.47 Å². The zero-order valence-corrected chi connectivity index (χ0v) is 22.6. The van der Waals surface area contributed by atoms with E-state index in [2.05, 4.69) is 46.6 Å². The highest BCUT2D eigenvalue weighted by Crippen LogP contribution is 2.39. The fourth-order valence-electron chi connectivity index (χ4n) is 3.99. The summed E-state index contributed by atoms with van der Waals surface area (Å²) in [4.78, 5) is 24.7. The number of carbonyl (C=O) groups excluding carboxylic acids is 2. The van der Waals surface area contributed by atoms with Gasteiger partial charge in [0.2, 0.25) is 5.01 Å². The summed E-state index contributed by atoms with van der Waals surface area (Å²) in [6, 6.07) is 18.7. The Balaban J connectivity index is 1.51. The van der Waals surface area contributed by atoms with E-state index >= 15 is 0 Å². The van der Waals surface area contributed by atoms with Gasteiger partial charge in [-0.3, -0.25) is 4.79 Å². The fourth-order valence-corrected chi connectivity index (χ4v) is 6.02. The molecule has 8 heteroatoms. The van der Waals surface area contributed by atoms with Crippen molar-refractivity contribution in [3.05, 3.63) is 76.3 Å². The molecule has 1 atom stereocenters. The van der Waals surface area contributed by atoms with Gasteiger partial charge in [0.1, 0.15) is 5.25 Å². The maximum absolute atomic E-state index is 12.7. The smallest absolute Gasteiger partial charge is 0.369 e. The lowest BCUT2D eigenvalue weighted by molar-refractivity contribution is -0.140. The molecule has 6 nitrogen and oxygen atoms in total. The lowest BCUT2D eigenvalue weighted by Gasteiger charge is -2.17. The number of aromatic nitrogens is 2. The van der Waals surface area contributed by atoms with Crippen molar-refractivity contribution < 1.29 is 19.1 Å². The summed E-state index contributed by atoms with van der Waals surface area (Å²) in [6.45, 7) is 2.01. The summed E-state index contributed by atoms with van der Waals surface area (Å²) in [5.41, 5.74) is 3.47. The highest BCUT2D eigenvalue weighted by molar-refractivity contribution is 8.01. The van der Waals surface area contributed by atoms with Crippen LogP contribution in [0.15, 0.2) is 58.9 Å². The highest BCUT2D eigenvalue weighted by Gasteiger charge is 2.27.